The molecule has 0 unspecified atom stereocenters. The molecule has 9 nitrogen and oxygen atoms in total. The fourth-order valence-electron chi connectivity index (χ4n) is 4.15. The van der Waals surface area contributed by atoms with E-state index in [4.69, 9.17) is 21.4 Å². The molecule has 11 heteroatoms. The molecule has 1 fully saturated rings. The Morgan fingerprint density at radius 3 is 2.91 bits per heavy atom. The first-order valence-corrected chi connectivity index (χ1v) is 11.7. The summed E-state index contributed by atoms with van der Waals surface area (Å²) in [7, 11) is 0. The average molecular weight is 486 g/mol. The molecule has 4 aromatic rings. The van der Waals surface area contributed by atoms with E-state index in [0.717, 1.165) is 26.1 Å². The zero-order valence-electron chi connectivity index (χ0n) is 18.8. The number of halogens is 2. The number of carbonyl (C=O) groups is 1. The lowest BCUT2D eigenvalue weighted by Gasteiger charge is -2.26. The van der Waals surface area contributed by atoms with E-state index in [1.807, 2.05) is 6.92 Å². The number of fused-ring (bicyclic) bond motifs is 2. The van der Waals surface area contributed by atoms with E-state index in [9.17, 15) is 4.79 Å². The summed E-state index contributed by atoms with van der Waals surface area (Å²) >= 11 is 6.18. The molecule has 1 aliphatic rings. The molecular formula is C23H25ClFN7O2. The van der Waals surface area contributed by atoms with Crippen LogP contribution in [0.25, 0.3) is 33.5 Å². The second-order valence-corrected chi connectivity index (χ2v) is 8.65. The topological polar surface area (TPSA) is 101 Å². The van der Waals surface area contributed by atoms with E-state index < -0.39 is 5.82 Å². The third-order valence-electron chi connectivity index (χ3n) is 5.91. The number of nitrogens with one attached hydrogen (secondary N) is 2. The fraction of sp³-hybridized carbons (Fsp3) is 0.391. The zero-order valence-corrected chi connectivity index (χ0v) is 19.5. The molecule has 0 atom stereocenters. The second-order valence-electron chi connectivity index (χ2n) is 8.22. The van der Waals surface area contributed by atoms with Crippen LogP contribution in [0.4, 0.5) is 4.39 Å². The van der Waals surface area contributed by atoms with Gasteiger partial charge in [0.2, 0.25) is 0 Å². The van der Waals surface area contributed by atoms with Gasteiger partial charge in [0, 0.05) is 37.4 Å². The Morgan fingerprint density at radius 2 is 2.12 bits per heavy atom. The Labute approximate surface area is 200 Å². The Balaban J connectivity index is 1.55. The van der Waals surface area contributed by atoms with Gasteiger partial charge in [-0.05, 0) is 18.6 Å². The van der Waals surface area contributed by atoms with E-state index in [-0.39, 0.29) is 5.91 Å². The highest BCUT2D eigenvalue weighted by atomic mass is 35.5. The van der Waals surface area contributed by atoms with Crippen LogP contribution in [-0.2, 0) is 11.3 Å². The molecule has 178 valence electrons. The molecule has 1 amide bonds. The van der Waals surface area contributed by atoms with Crippen molar-refractivity contribution in [1.82, 2.24) is 34.9 Å². The second kappa shape index (κ2) is 9.65. The summed E-state index contributed by atoms with van der Waals surface area (Å²) in [6.07, 6.45) is 3.94. The summed E-state index contributed by atoms with van der Waals surface area (Å²) < 4.78 is 22.3. The van der Waals surface area contributed by atoms with Gasteiger partial charge in [-0.1, -0.05) is 18.5 Å². The summed E-state index contributed by atoms with van der Waals surface area (Å²) in [5.41, 5.74) is 2.61. The summed E-state index contributed by atoms with van der Waals surface area (Å²) in [6, 6.07) is 2.98. The number of H-pyrrole nitrogens is 1. The van der Waals surface area contributed by atoms with E-state index in [1.54, 1.807) is 16.9 Å². The van der Waals surface area contributed by atoms with Crippen molar-refractivity contribution in [1.29, 1.82) is 0 Å². The van der Waals surface area contributed by atoms with Crippen LogP contribution in [0.5, 0.6) is 0 Å². The van der Waals surface area contributed by atoms with Crippen molar-refractivity contribution in [2.75, 3.05) is 39.4 Å². The number of aromatic nitrogens is 5. The number of hydrogen-bond acceptors (Lipinski definition) is 6. The maximum Gasteiger partial charge on any atom is 0.255 e. The lowest BCUT2D eigenvalue weighted by atomic mass is 10.1. The fourth-order valence-corrected chi connectivity index (χ4v) is 4.34. The van der Waals surface area contributed by atoms with E-state index in [2.05, 4.69) is 25.2 Å². The maximum atomic E-state index is 15.1. The number of rotatable bonds is 7. The first-order valence-electron chi connectivity index (χ1n) is 11.3. The van der Waals surface area contributed by atoms with E-state index in [0.29, 0.717) is 70.3 Å². The lowest BCUT2D eigenvalue weighted by Crippen LogP contribution is -2.38. The van der Waals surface area contributed by atoms with Gasteiger partial charge in [0.05, 0.1) is 42.4 Å². The van der Waals surface area contributed by atoms with Crippen LogP contribution in [0, 0.1) is 5.82 Å². The van der Waals surface area contributed by atoms with Gasteiger partial charge in [-0.25, -0.2) is 14.4 Å². The predicted octanol–water partition coefficient (Wildman–Crippen LogP) is 3.24. The first kappa shape index (κ1) is 22.7. The van der Waals surface area contributed by atoms with Gasteiger partial charge < -0.3 is 15.0 Å². The summed E-state index contributed by atoms with van der Waals surface area (Å²) in [6.45, 7) is 6.94. The van der Waals surface area contributed by atoms with Crippen molar-refractivity contribution < 1.29 is 13.9 Å². The minimum Gasteiger partial charge on any atom is -0.379 e. The molecule has 0 bridgehead atoms. The van der Waals surface area contributed by atoms with Gasteiger partial charge in [-0.3, -0.25) is 14.4 Å². The van der Waals surface area contributed by atoms with Crippen LogP contribution >= 0.6 is 11.6 Å². The normalized spacial score (nSPS) is 14.8. The van der Waals surface area contributed by atoms with Gasteiger partial charge >= 0.3 is 0 Å². The maximum absolute atomic E-state index is 15.1. The minimum atomic E-state index is -0.480. The molecule has 1 aliphatic heterocycles. The number of aromatic amines is 1. The van der Waals surface area contributed by atoms with E-state index >= 15 is 4.39 Å². The monoisotopic (exact) mass is 485 g/mol. The number of amides is 1. The molecule has 34 heavy (non-hydrogen) atoms. The van der Waals surface area contributed by atoms with Crippen LogP contribution < -0.4 is 5.32 Å². The molecule has 0 saturated carbocycles. The number of hydrogen-bond donors (Lipinski definition) is 2. The minimum absolute atomic E-state index is 0.238. The standard InChI is InChI=1S/C23H25ClFN7O2/c1-2-3-26-23(33)15-12-27-22-20(15)29-17(13-28-22)21-19-16(25)10-14(24)11-18(19)32(30-21)5-4-31-6-8-34-9-7-31/h10-13H,2-9H2,1H3,(H,26,33)(H,27,28). The van der Waals surface area contributed by atoms with Crippen LogP contribution in [0.2, 0.25) is 5.02 Å². The largest absolute Gasteiger partial charge is 0.379 e. The third kappa shape index (κ3) is 4.36. The van der Waals surface area contributed by atoms with Crippen molar-refractivity contribution in [3.8, 4) is 11.4 Å². The Bertz CT molecular complexity index is 1350. The predicted molar refractivity (Wildman–Crippen MR) is 127 cm³/mol. The van der Waals surface area contributed by atoms with Crippen LogP contribution in [0.15, 0.2) is 24.5 Å². The van der Waals surface area contributed by atoms with Gasteiger partial charge in [0.25, 0.3) is 5.91 Å². The van der Waals surface area contributed by atoms with Crippen LogP contribution in [0.1, 0.15) is 23.7 Å². The van der Waals surface area contributed by atoms with Crippen molar-refractivity contribution in [3.05, 3.63) is 40.9 Å². The molecule has 0 radical (unpaired) electrons. The molecule has 4 heterocycles. The Hall–Kier alpha value is -3.08. The van der Waals surface area contributed by atoms with Crippen molar-refractivity contribution in [2.24, 2.45) is 0 Å². The van der Waals surface area contributed by atoms with Crippen molar-refractivity contribution >= 4 is 39.6 Å². The van der Waals surface area contributed by atoms with Crippen LogP contribution in [0.3, 0.4) is 0 Å². The van der Waals surface area contributed by atoms with Crippen molar-refractivity contribution in [3.63, 3.8) is 0 Å². The number of carbonyl (C=O) groups excluding carboxylic acids is 1. The van der Waals surface area contributed by atoms with Gasteiger partial charge in [0.15, 0.2) is 5.65 Å². The number of ether oxygens (including phenoxy) is 1. The number of benzene rings is 1. The summed E-state index contributed by atoms with van der Waals surface area (Å²) in [5, 5.41) is 8.18. The van der Waals surface area contributed by atoms with Gasteiger partial charge in [-0.2, -0.15) is 5.10 Å². The highest BCUT2D eigenvalue weighted by molar-refractivity contribution is 6.31. The zero-order chi connectivity index (χ0) is 23.7. The molecule has 1 saturated heterocycles. The molecule has 5 rings (SSSR count). The highest BCUT2D eigenvalue weighted by Crippen LogP contribution is 2.32. The molecular weight excluding hydrogens is 461 g/mol. The van der Waals surface area contributed by atoms with Gasteiger partial charge in [-0.15, -0.1) is 0 Å². The highest BCUT2D eigenvalue weighted by Gasteiger charge is 2.21. The quantitative estimate of drug-likeness (QED) is 0.417. The smallest absolute Gasteiger partial charge is 0.255 e. The molecule has 1 aromatic carbocycles. The molecule has 0 spiro atoms. The average Bonchev–Trinajstić information content (AvgIpc) is 3.43. The summed E-state index contributed by atoms with van der Waals surface area (Å²) in [5.74, 6) is -0.717. The molecule has 0 aliphatic carbocycles. The lowest BCUT2D eigenvalue weighted by molar-refractivity contribution is 0.0361. The Morgan fingerprint density at radius 1 is 1.29 bits per heavy atom. The van der Waals surface area contributed by atoms with Gasteiger partial charge in [0.1, 0.15) is 22.7 Å². The SMILES string of the molecule is CCCNC(=O)c1c[nH]c2ncc(-c3nn(CCN4CCOCC4)c4cc(Cl)cc(F)c34)nc12. The summed E-state index contributed by atoms with van der Waals surface area (Å²) in [4.78, 5) is 26.9. The molecule has 2 N–H and O–H groups in total. The van der Waals surface area contributed by atoms with Crippen LogP contribution in [-0.4, -0.2) is 74.9 Å². The number of nitrogens with zero attached hydrogens (tertiary/aromatic N) is 5. The molecule has 3 aromatic heterocycles. The van der Waals surface area contributed by atoms with E-state index in [1.165, 1.54) is 12.3 Å². The van der Waals surface area contributed by atoms with Crippen molar-refractivity contribution in [2.45, 2.75) is 19.9 Å². The number of morpholine rings is 1. The first-order chi connectivity index (χ1) is 16.5. The third-order valence-corrected chi connectivity index (χ3v) is 6.12. The Kier molecular flexibility index (Phi) is 6.44.